The molecule has 0 saturated heterocycles. The Hall–Kier alpha value is -2.80. The lowest BCUT2D eigenvalue weighted by Crippen LogP contribution is -2.13. The predicted molar refractivity (Wildman–Crippen MR) is 128 cm³/mol. The van der Waals surface area contributed by atoms with Crippen LogP contribution in [0.15, 0.2) is 24.3 Å². The molecule has 1 heterocycles. The predicted octanol–water partition coefficient (Wildman–Crippen LogP) is 5.50. The smallest absolute Gasteiger partial charge is 0.341 e. The maximum absolute atomic E-state index is 12.6. The fourth-order valence-corrected chi connectivity index (χ4v) is 4.83. The Bertz CT molecular complexity index is 992. The second-order valence-corrected chi connectivity index (χ2v) is 9.15. The second-order valence-electron chi connectivity index (χ2n) is 8.05. The molecule has 0 bridgehead atoms. The molecule has 0 unspecified atom stereocenters. The first-order valence-corrected chi connectivity index (χ1v) is 11.9. The molecule has 0 atom stereocenters. The zero-order valence-corrected chi connectivity index (χ0v) is 20.0. The molecule has 2 aromatic rings. The molecule has 3 rings (SSSR count). The molecule has 1 N–H and O–H groups in total. The number of anilines is 1. The third kappa shape index (κ3) is 5.91. The topological polar surface area (TPSA) is 73.9 Å². The molecule has 1 aromatic carbocycles. The van der Waals surface area contributed by atoms with Crippen LogP contribution in [0.3, 0.4) is 0 Å². The Morgan fingerprint density at radius 1 is 1.22 bits per heavy atom. The van der Waals surface area contributed by atoms with Gasteiger partial charge in [0.15, 0.2) is 11.5 Å². The van der Waals surface area contributed by atoms with Crippen LogP contribution >= 0.6 is 11.3 Å². The minimum atomic E-state index is -0.371. The van der Waals surface area contributed by atoms with Crippen molar-refractivity contribution in [3.05, 3.63) is 45.8 Å². The summed E-state index contributed by atoms with van der Waals surface area (Å²) in [5.41, 5.74) is 2.34. The van der Waals surface area contributed by atoms with Crippen molar-refractivity contribution in [3.8, 4) is 11.5 Å². The van der Waals surface area contributed by atoms with Crippen molar-refractivity contribution in [1.82, 2.24) is 0 Å². The van der Waals surface area contributed by atoms with Crippen LogP contribution in [0, 0.1) is 5.92 Å². The van der Waals surface area contributed by atoms with E-state index in [0.717, 1.165) is 41.7 Å². The molecule has 0 aliphatic heterocycles. The largest absolute Gasteiger partial charge is 0.493 e. The average molecular weight is 458 g/mol. The number of fused-ring (bicyclic) bond motifs is 1. The molecule has 1 aliphatic carbocycles. The first kappa shape index (κ1) is 23.9. The number of thiophene rings is 1. The van der Waals surface area contributed by atoms with Crippen LogP contribution in [-0.4, -0.2) is 32.2 Å². The van der Waals surface area contributed by atoms with Crippen LogP contribution in [0.2, 0.25) is 0 Å². The van der Waals surface area contributed by atoms with Gasteiger partial charge in [-0.15, -0.1) is 11.3 Å². The molecule has 1 aliphatic rings. The fourth-order valence-electron chi connectivity index (χ4n) is 3.55. The number of esters is 1. The Morgan fingerprint density at radius 2 is 2.03 bits per heavy atom. The third-order valence-corrected chi connectivity index (χ3v) is 6.41. The van der Waals surface area contributed by atoms with E-state index in [1.165, 1.54) is 17.4 Å². The van der Waals surface area contributed by atoms with Crippen LogP contribution in [0.1, 0.15) is 60.0 Å². The quantitative estimate of drug-likeness (QED) is 0.377. The monoisotopic (exact) mass is 457 g/mol. The number of aryl methyl sites for hydroxylation is 1. The van der Waals surface area contributed by atoms with E-state index in [9.17, 15) is 9.59 Å². The SMILES string of the molecule is CCOC(=O)c1c(NC(=O)C=Cc2ccc(OCCC(C)C)c(OC)c2)sc2c1CCC2. The molecule has 32 heavy (non-hydrogen) atoms. The number of carbonyl (C=O) groups excluding carboxylic acids is 2. The van der Waals surface area contributed by atoms with Gasteiger partial charge >= 0.3 is 5.97 Å². The summed E-state index contributed by atoms with van der Waals surface area (Å²) in [6.45, 7) is 7.01. The number of ether oxygens (including phenoxy) is 3. The maximum Gasteiger partial charge on any atom is 0.341 e. The molecular weight excluding hydrogens is 426 g/mol. The summed E-state index contributed by atoms with van der Waals surface area (Å²) in [6, 6.07) is 5.55. The van der Waals surface area contributed by atoms with Crippen molar-refractivity contribution in [2.24, 2.45) is 5.92 Å². The van der Waals surface area contributed by atoms with Gasteiger partial charge in [-0.05, 0) is 67.9 Å². The summed E-state index contributed by atoms with van der Waals surface area (Å²) in [4.78, 5) is 26.2. The summed E-state index contributed by atoms with van der Waals surface area (Å²) in [5.74, 6) is 1.20. The van der Waals surface area contributed by atoms with E-state index in [2.05, 4.69) is 19.2 Å². The highest BCUT2D eigenvalue weighted by Gasteiger charge is 2.28. The van der Waals surface area contributed by atoms with Crippen LogP contribution < -0.4 is 14.8 Å². The lowest BCUT2D eigenvalue weighted by Gasteiger charge is -2.12. The normalized spacial score (nSPS) is 12.8. The molecule has 0 fully saturated rings. The number of benzene rings is 1. The summed E-state index contributed by atoms with van der Waals surface area (Å²) >= 11 is 1.47. The standard InChI is InChI=1S/C25H31NO5S/c1-5-30-25(28)23-18-7-6-8-21(18)32-24(23)26-22(27)12-10-17-9-11-19(20(15-17)29-4)31-14-13-16(2)3/h9-12,15-16H,5-8,13-14H2,1-4H3,(H,26,27). The summed E-state index contributed by atoms with van der Waals surface area (Å²) < 4.78 is 16.5. The van der Waals surface area contributed by atoms with Gasteiger partial charge in [0.05, 0.1) is 25.9 Å². The zero-order valence-electron chi connectivity index (χ0n) is 19.2. The molecule has 0 radical (unpaired) electrons. The Morgan fingerprint density at radius 3 is 2.75 bits per heavy atom. The first-order valence-electron chi connectivity index (χ1n) is 11.0. The first-order chi connectivity index (χ1) is 15.4. The highest BCUT2D eigenvalue weighted by Crippen LogP contribution is 2.39. The Labute approximate surface area is 193 Å². The van der Waals surface area contributed by atoms with Gasteiger partial charge in [0.25, 0.3) is 0 Å². The number of rotatable bonds is 10. The van der Waals surface area contributed by atoms with Crippen LogP contribution in [0.4, 0.5) is 5.00 Å². The molecule has 1 amide bonds. The third-order valence-electron chi connectivity index (χ3n) is 5.21. The minimum absolute atomic E-state index is 0.299. The number of carbonyl (C=O) groups is 2. The van der Waals surface area contributed by atoms with Crippen LogP contribution in [-0.2, 0) is 22.4 Å². The number of nitrogens with one attached hydrogen (secondary N) is 1. The van der Waals surface area contributed by atoms with E-state index >= 15 is 0 Å². The lowest BCUT2D eigenvalue weighted by atomic mass is 10.1. The van der Waals surface area contributed by atoms with E-state index in [1.54, 1.807) is 20.1 Å². The van der Waals surface area contributed by atoms with Crippen LogP contribution in [0.25, 0.3) is 6.08 Å². The van der Waals surface area contributed by atoms with E-state index in [0.29, 0.717) is 41.2 Å². The number of amides is 1. The van der Waals surface area contributed by atoms with E-state index in [-0.39, 0.29) is 11.9 Å². The Balaban J connectivity index is 1.69. The summed E-state index contributed by atoms with van der Waals surface area (Å²) in [7, 11) is 1.59. The van der Waals surface area contributed by atoms with Gasteiger partial charge in [0.2, 0.25) is 5.91 Å². The second kappa shape index (κ2) is 11.2. The van der Waals surface area contributed by atoms with Crippen molar-refractivity contribution in [3.63, 3.8) is 0 Å². The molecule has 1 aromatic heterocycles. The molecule has 172 valence electrons. The highest BCUT2D eigenvalue weighted by atomic mass is 32.1. The van der Waals surface area contributed by atoms with Crippen molar-refractivity contribution in [1.29, 1.82) is 0 Å². The van der Waals surface area contributed by atoms with Gasteiger partial charge in [-0.25, -0.2) is 4.79 Å². The zero-order chi connectivity index (χ0) is 23.1. The van der Waals surface area contributed by atoms with Crippen molar-refractivity contribution in [2.75, 3.05) is 25.6 Å². The van der Waals surface area contributed by atoms with E-state index in [1.807, 2.05) is 18.2 Å². The Kier molecular flexibility index (Phi) is 8.33. The van der Waals surface area contributed by atoms with E-state index < -0.39 is 0 Å². The number of hydrogen-bond donors (Lipinski definition) is 1. The minimum Gasteiger partial charge on any atom is -0.493 e. The van der Waals surface area contributed by atoms with Crippen molar-refractivity contribution < 1.29 is 23.8 Å². The van der Waals surface area contributed by atoms with Gasteiger partial charge < -0.3 is 19.5 Å². The fraction of sp³-hybridized carbons (Fsp3) is 0.440. The number of methoxy groups -OCH3 is 1. The molecule has 7 heteroatoms. The lowest BCUT2D eigenvalue weighted by molar-refractivity contribution is -0.111. The molecule has 0 spiro atoms. The van der Waals surface area contributed by atoms with Gasteiger partial charge in [-0.3, -0.25) is 4.79 Å². The van der Waals surface area contributed by atoms with Crippen molar-refractivity contribution in [2.45, 2.75) is 46.5 Å². The molecule has 0 saturated carbocycles. The van der Waals surface area contributed by atoms with Gasteiger partial charge in [-0.2, -0.15) is 0 Å². The average Bonchev–Trinajstić information content (AvgIpc) is 3.33. The molecule has 6 nitrogen and oxygen atoms in total. The summed E-state index contributed by atoms with van der Waals surface area (Å²) in [6.07, 6.45) is 6.93. The maximum atomic E-state index is 12.6. The van der Waals surface area contributed by atoms with Gasteiger partial charge in [-0.1, -0.05) is 19.9 Å². The highest BCUT2D eigenvalue weighted by molar-refractivity contribution is 7.17. The van der Waals surface area contributed by atoms with Crippen LogP contribution in [0.5, 0.6) is 11.5 Å². The number of hydrogen-bond acceptors (Lipinski definition) is 6. The van der Waals surface area contributed by atoms with Gasteiger partial charge in [0.1, 0.15) is 5.00 Å². The van der Waals surface area contributed by atoms with Gasteiger partial charge in [0, 0.05) is 11.0 Å². The van der Waals surface area contributed by atoms with Crippen molar-refractivity contribution >= 4 is 34.3 Å². The van der Waals surface area contributed by atoms with E-state index in [4.69, 9.17) is 14.2 Å². The molecular formula is C25H31NO5S. The summed E-state index contributed by atoms with van der Waals surface area (Å²) in [5, 5.41) is 3.43.